The first-order chi connectivity index (χ1) is 9.62. The fourth-order valence-electron chi connectivity index (χ4n) is 1.39. The Balaban J connectivity index is 2.97. The van der Waals surface area contributed by atoms with Crippen molar-refractivity contribution < 1.29 is 30.6 Å². The average Bonchev–Trinajstić information content (AvgIpc) is 2.38. The first-order valence-electron chi connectivity index (χ1n) is 5.39. The monoisotopic (exact) mass is 324 g/mol. The minimum absolute atomic E-state index is 0.248. The summed E-state index contributed by atoms with van der Waals surface area (Å²) in [6.45, 7) is 0. The maximum absolute atomic E-state index is 12.2. The summed E-state index contributed by atoms with van der Waals surface area (Å²) in [5.74, 6) is 0.474. The number of methoxy groups -OCH3 is 1. The summed E-state index contributed by atoms with van der Waals surface area (Å²) >= 11 is 0. The molecule has 10 heteroatoms. The molecule has 1 unspecified atom stereocenters. The fraction of sp³-hybridized carbons (Fsp3) is 0.364. The molecule has 0 saturated carbocycles. The highest BCUT2D eigenvalue weighted by Gasteiger charge is 2.49. The van der Waals surface area contributed by atoms with Crippen LogP contribution in [0, 0.1) is 11.3 Å². The van der Waals surface area contributed by atoms with E-state index in [4.69, 9.17) is 10.00 Å². The van der Waals surface area contributed by atoms with Crippen molar-refractivity contribution in [1.82, 2.24) is 5.06 Å². The number of alkyl halides is 3. The van der Waals surface area contributed by atoms with Crippen molar-refractivity contribution in [2.45, 2.75) is 11.6 Å². The van der Waals surface area contributed by atoms with Gasteiger partial charge in [-0.05, 0) is 17.7 Å². The minimum Gasteiger partial charge on any atom is -0.497 e. The van der Waals surface area contributed by atoms with Crippen LogP contribution in [0.3, 0.4) is 0 Å². The molecular formula is C11H11F3N2O4S. The summed E-state index contributed by atoms with van der Waals surface area (Å²) < 4.78 is 67.3. The van der Waals surface area contributed by atoms with Crippen LogP contribution in [0.15, 0.2) is 24.3 Å². The second-order valence-corrected chi connectivity index (χ2v) is 5.35. The van der Waals surface area contributed by atoms with E-state index in [1.807, 2.05) is 0 Å². The van der Waals surface area contributed by atoms with Gasteiger partial charge in [0.2, 0.25) is 0 Å². The van der Waals surface area contributed by atoms with Gasteiger partial charge in [-0.15, -0.1) is 0 Å². The predicted octanol–water partition coefficient (Wildman–Crippen LogP) is 1.97. The van der Waals surface area contributed by atoms with Gasteiger partial charge in [0.1, 0.15) is 11.8 Å². The van der Waals surface area contributed by atoms with Crippen molar-refractivity contribution in [2.75, 3.05) is 14.2 Å². The smallest absolute Gasteiger partial charge is 0.497 e. The van der Waals surface area contributed by atoms with Crippen LogP contribution in [0.5, 0.6) is 5.75 Å². The molecular weight excluding hydrogens is 313 g/mol. The molecule has 0 aliphatic rings. The average molecular weight is 324 g/mol. The summed E-state index contributed by atoms with van der Waals surface area (Å²) in [6.07, 6.45) is 0. The third-order valence-electron chi connectivity index (χ3n) is 2.42. The Bertz CT molecular complexity index is 622. The topological polar surface area (TPSA) is 79.6 Å². The molecule has 6 nitrogen and oxygen atoms in total. The van der Waals surface area contributed by atoms with Gasteiger partial charge in [0.15, 0.2) is 0 Å². The molecule has 0 radical (unpaired) electrons. The molecule has 21 heavy (non-hydrogen) atoms. The summed E-state index contributed by atoms with van der Waals surface area (Å²) in [5, 5.41) is 9.32. The van der Waals surface area contributed by atoms with Crippen molar-refractivity contribution in [3.8, 4) is 11.8 Å². The van der Waals surface area contributed by atoms with E-state index in [0.717, 1.165) is 7.05 Å². The fourth-order valence-corrected chi connectivity index (χ4v) is 1.87. The van der Waals surface area contributed by atoms with Gasteiger partial charge < -0.3 is 4.74 Å². The maximum atomic E-state index is 12.2. The van der Waals surface area contributed by atoms with E-state index in [-0.39, 0.29) is 5.56 Å². The van der Waals surface area contributed by atoms with E-state index in [9.17, 15) is 21.6 Å². The minimum atomic E-state index is -5.82. The summed E-state index contributed by atoms with van der Waals surface area (Å²) in [6, 6.07) is 6.09. The Morgan fingerprint density at radius 2 is 1.81 bits per heavy atom. The number of hydroxylamine groups is 2. The van der Waals surface area contributed by atoms with E-state index in [1.165, 1.54) is 31.4 Å². The van der Waals surface area contributed by atoms with E-state index in [2.05, 4.69) is 4.28 Å². The van der Waals surface area contributed by atoms with Gasteiger partial charge in [-0.3, -0.25) is 0 Å². The van der Waals surface area contributed by atoms with Crippen LogP contribution in [0.25, 0.3) is 0 Å². The Hall–Kier alpha value is -1.83. The zero-order valence-corrected chi connectivity index (χ0v) is 11.8. The van der Waals surface area contributed by atoms with Crippen LogP contribution in [-0.4, -0.2) is 33.1 Å². The number of ether oxygens (including phenoxy) is 1. The standard InChI is InChI=1S/C11H11F3N2O4S/c1-16(20-21(17,18)11(12,13)14)10(7-15)8-3-5-9(19-2)6-4-8/h3-6,10H,1-2H3. The normalized spacial score (nSPS) is 13.8. The quantitative estimate of drug-likeness (QED) is 0.608. The predicted molar refractivity (Wildman–Crippen MR) is 65.2 cm³/mol. The Morgan fingerprint density at radius 1 is 1.29 bits per heavy atom. The van der Waals surface area contributed by atoms with Gasteiger partial charge in [-0.1, -0.05) is 12.1 Å². The van der Waals surface area contributed by atoms with Gasteiger partial charge in [0.05, 0.1) is 13.2 Å². The zero-order chi connectivity index (χ0) is 16.3. The highest BCUT2D eigenvalue weighted by molar-refractivity contribution is 7.87. The maximum Gasteiger partial charge on any atom is 0.524 e. The third-order valence-corrected chi connectivity index (χ3v) is 3.41. The molecule has 116 valence electrons. The number of hydrogen-bond donors (Lipinski definition) is 0. The molecule has 0 spiro atoms. The van der Waals surface area contributed by atoms with Gasteiger partial charge >= 0.3 is 15.6 Å². The van der Waals surface area contributed by atoms with Gasteiger partial charge in [0.25, 0.3) is 0 Å². The molecule has 1 rings (SSSR count). The number of hydrogen-bond acceptors (Lipinski definition) is 6. The lowest BCUT2D eigenvalue weighted by Gasteiger charge is -2.22. The number of halogens is 3. The van der Waals surface area contributed by atoms with E-state index >= 15 is 0 Å². The molecule has 0 heterocycles. The number of nitrogens with zero attached hydrogens (tertiary/aromatic N) is 2. The lowest BCUT2D eigenvalue weighted by molar-refractivity contribution is -0.0998. The summed E-state index contributed by atoms with van der Waals surface area (Å²) in [4.78, 5) is 0. The Labute approximate surface area is 119 Å². The second kappa shape index (κ2) is 6.30. The molecule has 1 aromatic carbocycles. The number of benzene rings is 1. The van der Waals surface area contributed by atoms with E-state index in [0.29, 0.717) is 10.8 Å². The van der Waals surface area contributed by atoms with Crippen molar-refractivity contribution in [2.24, 2.45) is 0 Å². The first kappa shape index (κ1) is 17.2. The Kier molecular flexibility index (Phi) is 5.16. The van der Waals surface area contributed by atoms with Gasteiger partial charge in [-0.2, -0.15) is 36.2 Å². The molecule has 1 aromatic rings. The van der Waals surface area contributed by atoms with Crippen LogP contribution in [-0.2, 0) is 14.4 Å². The van der Waals surface area contributed by atoms with Crippen molar-refractivity contribution >= 4 is 10.1 Å². The van der Waals surface area contributed by atoms with Crippen molar-refractivity contribution in [1.29, 1.82) is 5.26 Å². The molecule has 0 bridgehead atoms. The van der Waals surface area contributed by atoms with Crippen molar-refractivity contribution in [3.63, 3.8) is 0 Å². The number of rotatable bonds is 5. The number of nitriles is 1. The van der Waals surface area contributed by atoms with Crippen LogP contribution in [0.1, 0.15) is 11.6 Å². The second-order valence-electron chi connectivity index (χ2n) is 3.83. The lowest BCUT2D eigenvalue weighted by atomic mass is 10.1. The molecule has 0 N–H and O–H groups in total. The molecule has 0 aromatic heterocycles. The molecule has 1 atom stereocenters. The summed E-state index contributed by atoms with van der Waals surface area (Å²) in [7, 11) is -3.49. The van der Waals surface area contributed by atoms with Gasteiger partial charge in [-0.25, -0.2) is 0 Å². The largest absolute Gasteiger partial charge is 0.524 e. The molecule has 0 amide bonds. The van der Waals surface area contributed by atoms with E-state index in [1.54, 1.807) is 6.07 Å². The molecule has 0 aliphatic carbocycles. The molecule has 0 aliphatic heterocycles. The zero-order valence-electron chi connectivity index (χ0n) is 11.0. The SMILES string of the molecule is COc1ccc(C(C#N)N(C)OS(=O)(=O)C(F)(F)F)cc1. The molecule has 0 fully saturated rings. The van der Waals surface area contributed by atoms with Crippen LogP contribution >= 0.6 is 0 Å². The van der Waals surface area contributed by atoms with Gasteiger partial charge in [0, 0.05) is 7.05 Å². The summed E-state index contributed by atoms with van der Waals surface area (Å²) in [5.41, 5.74) is -5.32. The van der Waals surface area contributed by atoms with Crippen LogP contribution < -0.4 is 4.74 Å². The lowest BCUT2D eigenvalue weighted by Crippen LogP contribution is -2.34. The highest BCUT2D eigenvalue weighted by atomic mass is 32.2. The first-order valence-corrected chi connectivity index (χ1v) is 6.80. The third kappa shape index (κ3) is 4.07. The van der Waals surface area contributed by atoms with E-state index < -0.39 is 21.7 Å². The molecule has 0 saturated heterocycles. The van der Waals surface area contributed by atoms with Crippen molar-refractivity contribution in [3.05, 3.63) is 29.8 Å². The Morgan fingerprint density at radius 3 is 2.19 bits per heavy atom. The van der Waals surface area contributed by atoms with Crippen LogP contribution in [0.4, 0.5) is 13.2 Å². The highest BCUT2D eigenvalue weighted by Crippen LogP contribution is 2.28. The van der Waals surface area contributed by atoms with Crippen LogP contribution in [0.2, 0.25) is 0 Å².